The topological polar surface area (TPSA) is 78.6 Å². The quantitative estimate of drug-likeness (QED) is 0.401. The van der Waals surface area contributed by atoms with Crippen LogP contribution in [0.1, 0.15) is 24.3 Å². The monoisotopic (exact) mass is 277 g/mol. The van der Waals surface area contributed by atoms with Crippen molar-refractivity contribution in [3.05, 3.63) is 35.9 Å². The maximum atomic E-state index is 12.0. The van der Waals surface area contributed by atoms with Crippen LogP contribution in [0.15, 0.2) is 30.3 Å². The number of nitrogens with zero attached hydrogens (tertiary/aromatic N) is 1. The van der Waals surface area contributed by atoms with Crippen molar-refractivity contribution in [2.75, 3.05) is 26.2 Å². The molecule has 2 rings (SSSR count). The van der Waals surface area contributed by atoms with E-state index in [0.29, 0.717) is 12.5 Å². The molecule has 0 aromatic heterocycles. The van der Waals surface area contributed by atoms with Gasteiger partial charge in [0.15, 0.2) is 0 Å². The van der Waals surface area contributed by atoms with E-state index in [9.17, 15) is 4.79 Å². The predicted octanol–water partition coefficient (Wildman–Crippen LogP) is 0.464. The van der Waals surface area contributed by atoms with Crippen molar-refractivity contribution < 1.29 is 9.90 Å². The molecule has 1 aliphatic rings. The third kappa shape index (κ3) is 3.79. The smallest absolute Gasteiger partial charge is 0.242 e. The molecule has 20 heavy (non-hydrogen) atoms. The maximum Gasteiger partial charge on any atom is 0.242 e. The van der Waals surface area contributed by atoms with Gasteiger partial charge in [0.25, 0.3) is 0 Å². The standard InChI is InChI=1S/C15H23N3O2/c16-17-15(20)14(13-4-2-1-3-5-13)11-18-8-6-12(10-18)7-9-19/h1-5,12,14,19H,6-11,16H2,(H,17,20). The lowest BCUT2D eigenvalue weighted by molar-refractivity contribution is -0.123. The molecule has 0 spiro atoms. The lowest BCUT2D eigenvalue weighted by Crippen LogP contribution is -2.40. The number of aliphatic hydroxyl groups is 1. The van der Waals surface area contributed by atoms with E-state index >= 15 is 0 Å². The number of benzene rings is 1. The summed E-state index contributed by atoms with van der Waals surface area (Å²) in [7, 11) is 0. The van der Waals surface area contributed by atoms with Gasteiger partial charge in [0.05, 0.1) is 5.92 Å². The molecule has 0 bridgehead atoms. The second-order valence-corrected chi connectivity index (χ2v) is 5.40. The highest BCUT2D eigenvalue weighted by atomic mass is 16.3. The molecular weight excluding hydrogens is 254 g/mol. The van der Waals surface area contributed by atoms with Crippen molar-refractivity contribution in [3.63, 3.8) is 0 Å². The Hall–Kier alpha value is -1.43. The van der Waals surface area contributed by atoms with Crippen LogP contribution in [0.3, 0.4) is 0 Å². The summed E-state index contributed by atoms with van der Waals surface area (Å²) in [6.07, 6.45) is 1.93. The Labute approximate surface area is 119 Å². The Morgan fingerprint density at radius 3 is 2.85 bits per heavy atom. The molecule has 1 aromatic carbocycles. The van der Waals surface area contributed by atoms with E-state index < -0.39 is 0 Å². The van der Waals surface area contributed by atoms with Gasteiger partial charge in [-0.3, -0.25) is 10.2 Å². The van der Waals surface area contributed by atoms with Gasteiger partial charge >= 0.3 is 0 Å². The summed E-state index contributed by atoms with van der Waals surface area (Å²) in [4.78, 5) is 14.3. The molecule has 0 aliphatic carbocycles. The number of amides is 1. The Kier molecular flexibility index (Phi) is 5.52. The minimum Gasteiger partial charge on any atom is -0.396 e. The van der Waals surface area contributed by atoms with Gasteiger partial charge in [-0.2, -0.15) is 0 Å². The first kappa shape index (κ1) is 15.0. The van der Waals surface area contributed by atoms with Gasteiger partial charge in [0.1, 0.15) is 0 Å². The van der Waals surface area contributed by atoms with E-state index in [4.69, 9.17) is 10.9 Å². The Morgan fingerprint density at radius 2 is 2.20 bits per heavy atom. The zero-order chi connectivity index (χ0) is 14.4. The van der Waals surface area contributed by atoms with Crippen LogP contribution in [0.5, 0.6) is 0 Å². The van der Waals surface area contributed by atoms with Crippen molar-refractivity contribution in [2.45, 2.75) is 18.8 Å². The predicted molar refractivity (Wildman–Crippen MR) is 77.8 cm³/mol. The Bertz CT molecular complexity index is 424. The average molecular weight is 277 g/mol. The fraction of sp³-hybridized carbons (Fsp3) is 0.533. The second kappa shape index (κ2) is 7.38. The first-order valence-electron chi connectivity index (χ1n) is 7.13. The van der Waals surface area contributed by atoms with Crippen LogP contribution in [-0.2, 0) is 4.79 Å². The number of carbonyl (C=O) groups excluding carboxylic acids is 1. The highest BCUT2D eigenvalue weighted by Crippen LogP contribution is 2.24. The fourth-order valence-electron chi connectivity index (χ4n) is 2.88. The van der Waals surface area contributed by atoms with Crippen LogP contribution in [0, 0.1) is 5.92 Å². The molecule has 5 nitrogen and oxygen atoms in total. The van der Waals surface area contributed by atoms with Crippen LogP contribution in [0.4, 0.5) is 0 Å². The number of carbonyl (C=O) groups is 1. The maximum absolute atomic E-state index is 12.0. The van der Waals surface area contributed by atoms with Gasteiger partial charge < -0.3 is 10.0 Å². The lowest BCUT2D eigenvalue weighted by Gasteiger charge is -2.23. The SMILES string of the molecule is NNC(=O)C(CN1CCC(CCO)C1)c1ccccc1. The highest BCUT2D eigenvalue weighted by molar-refractivity contribution is 5.83. The first-order valence-corrected chi connectivity index (χ1v) is 7.13. The molecule has 110 valence electrons. The Balaban J connectivity index is 2.01. The molecule has 1 heterocycles. The van der Waals surface area contributed by atoms with Crippen LogP contribution in [-0.4, -0.2) is 42.2 Å². The normalized spacial score (nSPS) is 20.8. The van der Waals surface area contributed by atoms with E-state index in [1.165, 1.54) is 0 Å². The third-order valence-corrected chi connectivity index (χ3v) is 4.01. The van der Waals surface area contributed by atoms with Gasteiger partial charge in [-0.25, -0.2) is 5.84 Å². The summed E-state index contributed by atoms with van der Waals surface area (Å²) in [5.41, 5.74) is 3.26. The summed E-state index contributed by atoms with van der Waals surface area (Å²) in [6.45, 7) is 2.84. The molecule has 1 aromatic rings. The molecule has 5 heteroatoms. The lowest BCUT2D eigenvalue weighted by atomic mass is 9.98. The minimum absolute atomic E-state index is 0.151. The number of hydrazine groups is 1. The largest absolute Gasteiger partial charge is 0.396 e. The van der Waals surface area contributed by atoms with Gasteiger partial charge in [-0.15, -0.1) is 0 Å². The number of aliphatic hydroxyl groups excluding tert-OH is 1. The van der Waals surface area contributed by atoms with Gasteiger partial charge in [-0.05, 0) is 30.9 Å². The number of nitrogens with two attached hydrogens (primary N) is 1. The number of hydrogen-bond donors (Lipinski definition) is 3. The molecule has 1 saturated heterocycles. The minimum atomic E-state index is -0.242. The third-order valence-electron chi connectivity index (χ3n) is 4.01. The van der Waals surface area contributed by atoms with Crippen molar-refractivity contribution in [1.82, 2.24) is 10.3 Å². The van der Waals surface area contributed by atoms with E-state index in [0.717, 1.165) is 31.5 Å². The second-order valence-electron chi connectivity index (χ2n) is 5.40. The molecule has 1 aliphatic heterocycles. The van der Waals surface area contributed by atoms with Crippen molar-refractivity contribution in [2.24, 2.45) is 11.8 Å². The molecule has 2 unspecified atom stereocenters. The summed E-state index contributed by atoms with van der Waals surface area (Å²) in [6, 6.07) is 9.73. The zero-order valence-electron chi connectivity index (χ0n) is 11.7. The van der Waals surface area contributed by atoms with Crippen molar-refractivity contribution >= 4 is 5.91 Å². The van der Waals surface area contributed by atoms with Gasteiger partial charge in [-0.1, -0.05) is 30.3 Å². The molecule has 0 radical (unpaired) electrons. The summed E-state index contributed by atoms with van der Waals surface area (Å²) >= 11 is 0. The van der Waals surface area contributed by atoms with Gasteiger partial charge in [0, 0.05) is 19.7 Å². The van der Waals surface area contributed by atoms with E-state index in [2.05, 4.69) is 10.3 Å². The summed E-state index contributed by atoms with van der Waals surface area (Å²) in [5, 5.41) is 9.00. The fourth-order valence-corrected chi connectivity index (χ4v) is 2.88. The van der Waals surface area contributed by atoms with Crippen molar-refractivity contribution in [3.8, 4) is 0 Å². The first-order chi connectivity index (χ1) is 9.74. The van der Waals surface area contributed by atoms with E-state index in [-0.39, 0.29) is 18.4 Å². The zero-order valence-corrected chi connectivity index (χ0v) is 11.7. The average Bonchev–Trinajstić information content (AvgIpc) is 2.93. The molecule has 1 fully saturated rings. The summed E-state index contributed by atoms with van der Waals surface area (Å²) in [5.74, 6) is 5.45. The van der Waals surface area contributed by atoms with Gasteiger partial charge in [0.2, 0.25) is 5.91 Å². The molecular formula is C15H23N3O2. The molecule has 0 saturated carbocycles. The Morgan fingerprint density at radius 1 is 1.45 bits per heavy atom. The van der Waals surface area contributed by atoms with Crippen LogP contribution < -0.4 is 11.3 Å². The number of nitrogens with one attached hydrogen (secondary N) is 1. The highest BCUT2D eigenvalue weighted by Gasteiger charge is 2.28. The summed E-state index contributed by atoms with van der Waals surface area (Å²) < 4.78 is 0. The van der Waals surface area contributed by atoms with Crippen LogP contribution in [0.2, 0.25) is 0 Å². The molecule has 2 atom stereocenters. The molecule has 1 amide bonds. The number of likely N-dealkylation sites (tertiary alicyclic amines) is 1. The van der Waals surface area contributed by atoms with Crippen molar-refractivity contribution in [1.29, 1.82) is 0 Å². The van der Waals surface area contributed by atoms with Crippen LogP contribution >= 0.6 is 0 Å². The molecule has 4 N–H and O–H groups in total. The van der Waals surface area contributed by atoms with E-state index in [1.54, 1.807) is 0 Å². The van der Waals surface area contributed by atoms with E-state index in [1.807, 2.05) is 30.3 Å². The number of hydrogen-bond acceptors (Lipinski definition) is 4. The number of rotatable bonds is 6. The van der Waals surface area contributed by atoms with Crippen LogP contribution in [0.25, 0.3) is 0 Å².